The minimum absolute atomic E-state index is 0.339. The number of carboxylic acids is 1. The number of ether oxygens (including phenoxy) is 1. The van der Waals surface area contributed by atoms with Crippen LogP contribution in [0.2, 0.25) is 0 Å². The summed E-state index contributed by atoms with van der Waals surface area (Å²) in [6.45, 7) is 1.11. The lowest BCUT2D eigenvalue weighted by atomic mass is 9.97. The number of carboxylic acid groups (broad SMARTS) is 1. The lowest BCUT2D eigenvalue weighted by molar-refractivity contribution is -0.142. The Hall–Kier alpha value is -3.36. The molecule has 0 saturated carbocycles. The SMILES string of the molecule is COC(=O)c1ccccc1N(C)c1ncnc(N2CCC(C(=O)O)CC2)c1N. The molecule has 148 valence electrons. The summed E-state index contributed by atoms with van der Waals surface area (Å²) in [5.74, 6) is -0.535. The molecule has 3 rings (SSSR count). The second-order valence-corrected chi connectivity index (χ2v) is 6.60. The van der Waals surface area contributed by atoms with Crippen LogP contribution in [0.25, 0.3) is 0 Å². The third-order valence-electron chi connectivity index (χ3n) is 4.97. The van der Waals surface area contributed by atoms with Crippen molar-refractivity contribution in [2.45, 2.75) is 12.8 Å². The molecule has 0 spiro atoms. The molecule has 0 aliphatic carbocycles. The van der Waals surface area contributed by atoms with Crippen molar-refractivity contribution < 1.29 is 19.4 Å². The summed E-state index contributed by atoms with van der Waals surface area (Å²) in [6.07, 6.45) is 2.49. The van der Waals surface area contributed by atoms with Crippen LogP contribution < -0.4 is 15.5 Å². The zero-order chi connectivity index (χ0) is 20.3. The van der Waals surface area contributed by atoms with Gasteiger partial charge in [-0.25, -0.2) is 14.8 Å². The van der Waals surface area contributed by atoms with Crippen LogP contribution in [0.1, 0.15) is 23.2 Å². The van der Waals surface area contributed by atoms with Gasteiger partial charge in [0.1, 0.15) is 12.0 Å². The van der Waals surface area contributed by atoms with Gasteiger partial charge < -0.3 is 25.4 Å². The molecule has 0 amide bonds. The van der Waals surface area contributed by atoms with Gasteiger partial charge in [-0.3, -0.25) is 4.79 Å². The number of anilines is 4. The number of nitrogens with zero attached hydrogens (tertiary/aromatic N) is 4. The first-order chi connectivity index (χ1) is 13.4. The molecular formula is C19H23N5O4. The maximum Gasteiger partial charge on any atom is 0.339 e. The van der Waals surface area contributed by atoms with Crippen LogP contribution in [-0.2, 0) is 9.53 Å². The van der Waals surface area contributed by atoms with Gasteiger partial charge in [0.05, 0.1) is 24.3 Å². The van der Waals surface area contributed by atoms with Gasteiger partial charge in [-0.2, -0.15) is 0 Å². The fourth-order valence-corrected chi connectivity index (χ4v) is 3.40. The van der Waals surface area contributed by atoms with E-state index in [0.29, 0.717) is 54.5 Å². The molecule has 2 heterocycles. The smallest absolute Gasteiger partial charge is 0.339 e. The van der Waals surface area contributed by atoms with Gasteiger partial charge in [-0.05, 0) is 25.0 Å². The van der Waals surface area contributed by atoms with E-state index in [2.05, 4.69) is 9.97 Å². The first kappa shape index (κ1) is 19.4. The van der Waals surface area contributed by atoms with E-state index in [9.17, 15) is 14.7 Å². The van der Waals surface area contributed by atoms with Crippen LogP contribution >= 0.6 is 0 Å². The van der Waals surface area contributed by atoms with E-state index in [1.165, 1.54) is 13.4 Å². The maximum absolute atomic E-state index is 12.1. The molecule has 2 aromatic rings. The van der Waals surface area contributed by atoms with Gasteiger partial charge in [0, 0.05) is 20.1 Å². The van der Waals surface area contributed by atoms with Gasteiger partial charge in [-0.15, -0.1) is 0 Å². The molecule has 0 radical (unpaired) electrons. The lowest BCUT2D eigenvalue weighted by Gasteiger charge is -2.32. The van der Waals surface area contributed by atoms with Crippen LogP contribution in [0.5, 0.6) is 0 Å². The number of benzene rings is 1. The van der Waals surface area contributed by atoms with Crippen LogP contribution in [0.4, 0.5) is 23.0 Å². The number of piperidine rings is 1. The predicted octanol–water partition coefficient (Wildman–Crippen LogP) is 1.91. The number of carbonyl (C=O) groups is 2. The normalized spacial score (nSPS) is 14.6. The molecule has 3 N–H and O–H groups in total. The van der Waals surface area contributed by atoms with Crippen LogP contribution in [-0.4, -0.2) is 54.3 Å². The van der Waals surface area contributed by atoms with Crippen LogP contribution in [0, 0.1) is 5.92 Å². The van der Waals surface area contributed by atoms with Gasteiger partial charge in [-0.1, -0.05) is 12.1 Å². The van der Waals surface area contributed by atoms with Crippen molar-refractivity contribution in [2.75, 3.05) is 42.8 Å². The van der Waals surface area contributed by atoms with Gasteiger partial charge in [0.2, 0.25) is 0 Å². The third kappa shape index (κ3) is 3.68. The summed E-state index contributed by atoms with van der Waals surface area (Å²) >= 11 is 0. The number of esters is 1. The molecule has 9 nitrogen and oxygen atoms in total. The number of carbonyl (C=O) groups excluding carboxylic acids is 1. The molecule has 1 saturated heterocycles. The Kier molecular flexibility index (Phi) is 5.62. The van der Waals surface area contributed by atoms with Crippen molar-refractivity contribution in [1.29, 1.82) is 0 Å². The third-order valence-corrected chi connectivity index (χ3v) is 4.97. The zero-order valence-electron chi connectivity index (χ0n) is 15.8. The highest BCUT2D eigenvalue weighted by Gasteiger charge is 2.27. The Morgan fingerprint density at radius 1 is 1.25 bits per heavy atom. The van der Waals surface area contributed by atoms with Crippen molar-refractivity contribution in [3.63, 3.8) is 0 Å². The molecule has 9 heteroatoms. The van der Waals surface area contributed by atoms with E-state index in [1.54, 1.807) is 30.1 Å². The average Bonchev–Trinajstić information content (AvgIpc) is 2.73. The Bertz CT molecular complexity index is 880. The number of hydrogen-bond donors (Lipinski definition) is 2. The Morgan fingerprint density at radius 3 is 2.57 bits per heavy atom. The van der Waals surface area contributed by atoms with E-state index in [4.69, 9.17) is 10.5 Å². The number of aromatic nitrogens is 2. The molecular weight excluding hydrogens is 362 g/mol. The molecule has 0 bridgehead atoms. The number of nitrogens with two attached hydrogens (primary N) is 1. The average molecular weight is 385 g/mol. The van der Waals surface area contributed by atoms with Crippen molar-refractivity contribution in [3.05, 3.63) is 36.2 Å². The summed E-state index contributed by atoms with van der Waals surface area (Å²) < 4.78 is 4.86. The second-order valence-electron chi connectivity index (χ2n) is 6.60. The Morgan fingerprint density at radius 2 is 1.93 bits per heavy atom. The molecule has 0 unspecified atom stereocenters. The maximum atomic E-state index is 12.1. The fraction of sp³-hybridized carbons (Fsp3) is 0.368. The standard InChI is InChI=1S/C19H23N5O4/c1-23(14-6-4-3-5-13(14)19(27)28-2)16-15(20)17(22-11-21-16)24-9-7-12(8-10-24)18(25)26/h3-6,11-12H,7-10,20H2,1-2H3,(H,25,26). The molecule has 1 aromatic carbocycles. The first-order valence-electron chi connectivity index (χ1n) is 8.93. The summed E-state index contributed by atoms with van der Waals surface area (Å²) in [5, 5.41) is 9.17. The monoisotopic (exact) mass is 385 g/mol. The van der Waals surface area contributed by atoms with Gasteiger partial charge >= 0.3 is 11.9 Å². The topological polar surface area (TPSA) is 122 Å². The number of methoxy groups -OCH3 is 1. The number of aliphatic carboxylic acids is 1. The van der Waals surface area contributed by atoms with Crippen molar-refractivity contribution >= 4 is 34.9 Å². The highest BCUT2D eigenvalue weighted by atomic mass is 16.5. The van der Waals surface area contributed by atoms with E-state index >= 15 is 0 Å². The quantitative estimate of drug-likeness (QED) is 0.743. The minimum atomic E-state index is -0.768. The molecule has 1 aliphatic rings. The highest BCUT2D eigenvalue weighted by Crippen LogP contribution is 2.35. The first-order valence-corrected chi connectivity index (χ1v) is 8.93. The lowest BCUT2D eigenvalue weighted by Crippen LogP contribution is -2.37. The zero-order valence-corrected chi connectivity index (χ0v) is 15.8. The molecule has 0 atom stereocenters. The summed E-state index contributed by atoms with van der Waals surface area (Å²) in [5.41, 5.74) is 7.74. The minimum Gasteiger partial charge on any atom is -0.481 e. The molecule has 1 fully saturated rings. The summed E-state index contributed by atoms with van der Waals surface area (Å²) in [4.78, 5) is 35.5. The number of para-hydroxylation sites is 1. The second kappa shape index (κ2) is 8.12. The van der Waals surface area contributed by atoms with E-state index in [-0.39, 0.29) is 5.92 Å². The molecule has 1 aromatic heterocycles. The highest BCUT2D eigenvalue weighted by molar-refractivity contribution is 5.97. The van der Waals surface area contributed by atoms with Crippen LogP contribution in [0.15, 0.2) is 30.6 Å². The number of rotatable bonds is 5. The summed E-state index contributed by atoms with van der Waals surface area (Å²) in [7, 11) is 3.10. The Labute approximate surface area is 162 Å². The van der Waals surface area contributed by atoms with E-state index < -0.39 is 11.9 Å². The Balaban J connectivity index is 1.90. The van der Waals surface area contributed by atoms with Gasteiger partial charge in [0.25, 0.3) is 0 Å². The predicted molar refractivity (Wildman–Crippen MR) is 105 cm³/mol. The fourth-order valence-electron chi connectivity index (χ4n) is 3.40. The number of nitrogen functional groups attached to an aromatic ring is 1. The van der Waals surface area contributed by atoms with Crippen LogP contribution in [0.3, 0.4) is 0 Å². The van der Waals surface area contributed by atoms with E-state index in [1.807, 2.05) is 11.0 Å². The van der Waals surface area contributed by atoms with Crippen molar-refractivity contribution in [3.8, 4) is 0 Å². The van der Waals surface area contributed by atoms with Crippen molar-refractivity contribution in [2.24, 2.45) is 5.92 Å². The largest absolute Gasteiger partial charge is 0.481 e. The molecule has 1 aliphatic heterocycles. The summed E-state index contributed by atoms with van der Waals surface area (Å²) in [6, 6.07) is 7.02. The molecule has 28 heavy (non-hydrogen) atoms. The van der Waals surface area contributed by atoms with Gasteiger partial charge in [0.15, 0.2) is 11.6 Å². The number of hydrogen-bond acceptors (Lipinski definition) is 8. The van der Waals surface area contributed by atoms with Crippen molar-refractivity contribution in [1.82, 2.24) is 9.97 Å². The van der Waals surface area contributed by atoms with E-state index in [0.717, 1.165) is 0 Å².